The fourth-order valence-electron chi connectivity index (χ4n) is 1.60. The van der Waals surface area contributed by atoms with Crippen molar-refractivity contribution < 1.29 is 4.79 Å². The molecule has 0 unspecified atom stereocenters. The van der Waals surface area contributed by atoms with Crippen molar-refractivity contribution >= 4 is 5.91 Å². The maximum atomic E-state index is 11.5. The molecule has 1 aromatic carbocycles. The third-order valence-corrected chi connectivity index (χ3v) is 2.72. The van der Waals surface area contributed by atoms with Gasteiger partial charge in [0.2, 0.25) is 5.91 Å². The van der Waals surface area contributed by atoms with Crippen molar-refractivity contribution in [2.75, 3.05) is 6.54 Å². The molecule has 0 aliphatic heterocycles. The minimum atomic E-state index is 0.127. The lowest BCUT2D eigenvalue weighted by molar-refractivity contribution is -0.121. The van der Waals surface area contributed by atoms with Crippen molar-refractivity contribution in [2.24, 2.45) is 5.73 Å². The predicted octanol–water partition coefficient (Wildman–Crippen LogP) is 2.13. The first-order valence-electron chi connectivity index (χ1n) is 6.24. The van der Waals surface area contributed by atoms with Gasteiger partial charge in [0.15, 0.2) is 0 Å². The zero-order valence-corrected chi connectivity index (χ0v) is 10.5. The Hall–Kier alpha value is -1.35. The fourth-order valence-corrected chi connectivity index (χ4v) is 1.60. The molecule has 0 saturated heterocycles. The summed E-state index contributed by atoms with van der Waals surface area (Å²) in [5.74, 6) is 0.127. The molecule has 3 heteroatoms. The van der Waals surface area contributed by atoms with E-state index in [1.54, 1.807) is 0 Å². The highest BCUT2D eigenvalue weighted by Crippen LogP contribution is 2.03. The van der Waals surface area contributed by atoms with E-state index < -0.39 is 0 Å². The molecule has 0 aliphatic rings. The molecule has 0 atom stereocenters. The molecular weight excluding hydrogens is 212 g/mol. The lowest BCUT2D eigenvalue weighted by Gasteiger charge is -2.05. The lowest BCUT2D eigenvalue weighted by Crippen LogP contribution is -2.22. The summed E-state index contributed by atoms with van der Waals surface area (Å²) >= 11 is 0. The van der Waals surface area contributed by atoms with E-state index in [0.717, 1.165) is 24.8 Å². The van der Waals surface area contributed by atoms with E-state index >= 15 is 0 Å². The van der Waals surface area contributed by atoms with Crippen molar-refractivity contribution in [1.29, 1.82) is 0 Å². The number of amides is 1. The highest BCUT2D eigenvalue weighted by molar-refractivity contribution is 5.75. The van der Waals surface area contributed by atoms with Crippen LogP contribution in [0.2, 0.25) is 0 Å². The van der Waals surface area contributed by atoms with E-state index in [2.05, 4.69) is 24.4 Å². The maximum Gasteiger partial charge on any atom is 0.220 e. The molecule has 0 saturated carbocycles. The molecule has 3 nitrogen and oxygen atoms in total. The van der Waals surface area contributed by atoms with E-state index in [1.165, 1.54) is 5.56 Å². The van der Waals surface area contributed by atoms with Crippen LogP contribution in [0, 0.1) is 6.92 Å². The number of hydrogen-bond acceptors (Lipinski definition) is 2. The van der Waals surface area contributed by atoms with Gasteiger partial charge < -0.3 is 11.1 Å². The Morgan fingerprint density at radius 1 is 1.18 bits per heavy atom. The van der Waals surface area contributed by atoms with Gasteiger partial charge in [-0.05, 0) is 31.9 Å². The predicted molar refractivity (Wildman–Crippen MR) is 70.5 cm³/mol. The van der Waals surface area contributed by atoms with Crippen molar-refractivity contribution in [3.05, 3.63) is 35.4 Å². The molecule has 0 spiro atoms. The van der Waals surface area contributed by atoms with Gasteiger partial charge in [0, 0.05) is 13.0 Å². The molecule has 0 bridgehead atoms. The molecule has 1 rings (SSSR count). The third kappa shape index (κ3) is 6.07. The summed E-state index contributed by atoms with van der Waals surface area (Å²) < 4.78 is 0. The molecule has 3 N–H and O–H groups in total. The number of benzene rings is 1. The van der Waals surface area contributed by atoms with E-state index in [9.17, 15) is 4.79 Å². The molecule has 1 amide bonds. The van der Waals surface area contributed by atoms with Crippen LogP contribution < -0.4 is 11.1 Å². The van der Waals surface area contributed by atoms with Gasteiger partial charge in [-0.1, -0.05) is 36.2 Å². The first kappa shape index (κ1) is 13.7. The Kier molecular flexibility index (Phi) is 6.33. The minimum Gasteiger partial charge on any atom is -0.352 e. The lowest BCUT2D eigenvalue weighted by atomic mass is 10.1. The summed E-state index contributed by atoms with van der Waals surface area (Å²) in [4.78, 5) is 11.5. The van der Waals surface area contributed by atoms with Crippen LogP contribution in [-0.4, -0.2) is 12.5 Å². The average Bonchev–Trinajstić information content (AvgIpc) is 2.34. The molecular formula is C14H22N2O. The number of carbonyl (C=O) groups is 1. The number of carbonyl (C=O) groups excluding carboxylic acids is 1. The van der Waals surface area contributed by atoms with Crippen LogP contribution in [0.1, 0.15) is 36.8 Å². The molecule has 0 fully saturated rings. The Bertz CT molecular complexity index is 333. The Morgan fingerprint density at radius 2 is 1.88 bits per heavy atom. The standard InChI is InChI=1S/C14H22N2O/c1-12-6-8-13(9-7-12)11-16-14(17)5-3-2-4-10-15/h6-9H,2-5,10-11,15H2,1H3,(H,16,17). The van der Waals surface area contributed by atoms with Crippen LogP contribution >= 0.6 is 0 Å². The Labute approximate surface area is 103 Å². The Morgan fingerprint density at radius 3 is 2.53 bits per heavy atom. The van der Waals surface area contributed by atoms with Crippen molar-refractivity contribution in [3.8, 4) is 0 Å². The van der Waals surface area contributed by atoms with Gasteiger partial charge in [-0.3, -0.25) is 4.79 Å². The summed E-state index contributed by atoms with van der Waals surface area (Å²) in [6.45, 7) is 3.39. The average molecular weight is 234 g/mol. The van der Waals surface area contributed by atoms with Gasteiger partial charge in [-0.25, -0.2) is 0 Å². The highest BCUT2D eigenvalue weighted by Gasteiger charge is 2.00. The smallest absolute Gasteiger partial charge is 0.220 e. The van der Waals surface area contributed by atoms with Crippen LogP contribution in [0.25, 0.3) is 0 Å². The van der Waals surface area contributed by atoms with Crippen LogP contribution in [0.3, 0.4) is 0 Å². The van der Waals surface area contributed by atoms with Crippen LogP contribution in [0.15, 0.2) is 24.3 Å². The number of unbranched alkanes of at least 4 members (excludes halogenated alkanes) is 2. The van der Waals surface area contributed by atoms with Crippen molar-refractivity contribution in [3.63, 3.8) is 0 Å². The van der Waals surface area contributed by atoms with Gasteiger partial charge in [-0.15, -0.1) is 0 Å². The summed E-state index contributed by atoms with van der Waals surface area (Å²) in [7, 11) is 0. The van der Waals surface area contributed by atoms with E-state index in [-0.39, 0.29) is 5.91 Å². The summed E-state index contributed by atoms with van der Waals surface area (Å²) in [6, 6.07) is 8.21. The second kappa shape index (κ2) is 7.85. The van der Waals surface area contributed by atoms with Crippen molar-refractivity contribution in [1.82, 2.24) is 5.32 Å². The van der Waals surface area contributed by atoms with Crippen molar-refractivity contribution in [2.45, 2.75) is 39.2 Å². The van der Waals surface area contributed by atoms with Gasteiger partial charge >= 0.3 is 0 Å². The quantitative estimate of drug-likeness (QED) is 0.710. The van der Waals surface area contributed by atoms with E-state index in [0.29, 0.717) is 19.5 Å². The molecule has 0 heterocycles. The minimum absolute atomic E-state index is 0.127. The molecule has 1 aromatic rings. The summed E-state index contributed by atoms with van der Waals surface area (Å²) in [5.41, 5.74) is 7.77. The molecule has 0 radical (unpaired) electrons. The SMILES string of the molecule is Cc1ccc(CNC(=O)CCCCCN)cc1. The molecule has 0 aliphatic carbocycles. The first-order valence-corrected chi connectivity index (χ1v) is 6.24. The number of aryl methyl sites for hydroxylation is 1. The summed E-state index contributed by atoms with van der Waals surface area (Å²) in [6.07, 6.45) is 3.57. The molecule has 17 heavy (non-hydrogen) atoms. The molecule has 94 valence electrons. The normalized spacial score (nSPS) is 10.2. The highest BCUT2D eigenvalue weighted by atomic mass is 16.1. The third-order valence-electron chi connectivity index (χ3n) is 2.72. The fraction of sp³-hybridized carbons (Fsp3) is 0.500. The zero-order chi connectivity index (χ0) is 12.5. The monoisotopic (exact) mass is 234 g/mol. The van der Waals surface area contributed by atoms with Gasteiger partial charge in [0.25, 0.3) is 0 Å². The van der Waals surface area contributed by atoms with Crippen LogP contribution in [-0.2, 0) is 11.3 Å². The second-order valence-corrected chi connectivity index (χ2v) is 4.36. The topological polar surface area (TPSA) is 55.1 Å². The number of nitrogens with one attached hydrogen (secondary N) is 1. The van der Waals surface area contributed by atoms with Crippen LogP contribution in [0.5, 0.6) is 0 Å². The summed E-state index contributed by atoms with van der Waals surface area (Å²) in [5, 5.41) is 2.93. The first-order chi connectivity index (χ1) is 8.22. The van der Waals surface area contributed by atoms with Gasteiger partial charge in [-0.2, -0.15) is 0 Å². The zero-order valence-electron chi connectivity index (χ0n) is 10.5. The largest absolute Gasteiger partial charge is 0.352 e. The van der Waals surface area contributed by atoms with Gasteiger partial charge in [0.05, 0.1) is 0 Å². The molecule has 0 aromatic heterocycles. The van der Waals surface area contributed by atoms with Gasteiger partial charge in [0.1, 0.15) is 0 Å². The second-order valence-electron chi connectivity index (χ2n) is 4.36. The number of nitrogens with two attached hydrogens (primary N) is 1. The maximum absolute atomic E-state index is 11.5. The van der Waals surface area contributed by atoms with E-state index in [1.807, 2.05) is 12.1 Å². The number of rotatable bonds is 7. The van der Waals surface area contributed by atoms with Crippen LogP contribution in [0.4, 0.5) is 0 Å². The van der Waals surface area contributed by atoms with E-state index in [4.69, 9.17) is 5.73 Å². The Balaban J connectivity index is 2.17. The number of hydrogen-bond donors (Lipinski definition) is 2.